The monoisotopic (exact) mass is 377 g/mol. The Balaban J connectivity index is 1.60. The van der Waals surface area contributed by atoms with Crippen molar-refractivity contribution in [2.45, 2.75) is 20.0 Å². The highest BCUT2D eigenvalue weighted by molar-refractivity contribution is 6.04. The van der Waals surface area contributed by atoms with Crippen LogP contribution in [-0.4, -0.2) is 24.1 Å². The topological polar surface area (TPSA) is 72.5 Å². The lowest BCUT2D eigenvalue weighted by Gasteiger charge is -2.11. The van der Waals surface area contributed by atoms with E-state index in [1.165, 1.54) is 6.20 Å². The Morgan fingerprint density at radius 1 is 0.893 bits per heavy atom. The SMILES string of the molecule is COc1ccc(NC(=O)c2ccc(Nc3ccc(OC(C)C)cc3)nc2)cc1. The lowest BCUT2D eigenvalue weighted by Crippen LogP contribution is -2.12. The molecule has 0 saturated heterocycles. The number of methoxy groups -OCH3 is 1. The maximum absolute atomic E-state index is 12.3. The van der Waals surface area contributed by atoms with Crippen molar-refractivity contribution in [3.63, 3.8) is 0 Å². The molecule has 0 atom stereocenters. The average Bonchev–Trinajstić information content (AvgIpc) is 2.70. The van der Waals surface area contributed by atoms with Gasteiger partial charge in [0.25, 0.3) is 5.91 Å². The number of anilines is 3. The molecule has 0 aliphatic carbocycles. The first kappa shape index (κ1) is 19.2. The minimum absolute atomic E-state index is 0.136. The van der Waals surface area contributed by atoms with Crippen molar-refractivity contribution in [3.8, 4) is 11.5 Å². The first-order valence-corrected chi connectivity index (χ1v) is 8.98. The van der Waals surface area contributed by atoms with E-state index in [9.17, 15) is 4.79 Å². The smallest absolute Gasteiger partial charge is 0.257 e. The number of hydrogen-bond donors (Lipinski definition) is 2. The molecule has 0 bridgehead atoms. The predicted molar refractivity (Wildman–Crippen MR) is 111 cm³/mol. The van der Waals surface area contributed by atoms with E-state index < -0.39 is 0 Å². The Kier molecular flexibility index (Phi) is 6.11. The molecule has 0 fully saturated rings. The Bertz CT molecular complexity index is 905. The molecule has 6 heteroatoms. The zero-order valence-corrected chi connectivity index (χ0v) is 16.1. The molecule has 1 amide bonds. The number of carbonyl (C=O) groups excluding carboxylic acids is 1. The highest BCUT2D eigenvalue weighted by Gasteiger charge is 2.07. The van der Waals surface area contributed by atoms with Crippen LogP contribution in [0.3, 0.4) is 0 Å². The lowest BCUT2D eigenvalue weighted by atomic mass is 10.2. The van der Waals surface area contributed by atoms with Gasteiger partial charge in [0, 0.05) is 17.6 Å². The molecular formula is C22H23N3O3. The van der Waals surface area contributed by atoms with Crippen LogP contribution in [0.2, 0.25) is 0 Å². The molecule has 144 valence electrons. The van der Waals surface area contributed by atoms with Crippen molar-refractivity contribution >= 4 is 23.1 Å². The predicted octanol–water partition coefficient (Wildman–Crippen LogP) is 4.87. The number of ether oxygens (including phenoxy) is 2. The summed E-state index contributed by atoms with van der Waals surface area (Å²) >= 11 is 0. The number of aromatic nitrogens is 1. The Labute approximate surface area is 164 Å². The second-order valence-electron chi connectivity index (χ2n) is 6.43. The summed E-state index contributed by atoms with van der Waals surface area (Å²) in [5.74, 6) is 1.98. The minimum atomic E-state index is -0.223. The van der Waals surface area contributed by atoms with Crippen molar-refractivity contribution in [1.29, 1.82) is 0 Å². The van der Waals surface area contributed by atoms with Crippen LogP contribution in [0.25, 0.3) is 0 Å². The number of amides is 1. The van der Waals surface area contributed by atoms with Crippen LogP contribution in [-0.2, 0) is 0 Å². The van der Waals surface area contributed by atoms with Crippen molar-refractivity contribution in [1.82, 2.24) is 4.98 Å². The zero-order chi connectivity index (χ0) is 19.9. The fourth-order valence-electron chi connectivity index (χ4n) is 2.52. The van der Waals surface area contributed by atoms with Crippen LogP contribution < -0.4 is 20.1 Å². The van der Waals surface area contributed by atoms with Gasteiger partial charge in [0.05, 0.1) is 18.8 Å². The number of nitrogens with zero attached hydrogens (tertiary/aromatic N) is 1. The van der Waals surface area contributed by atoms with Crippen LogP contribution in [0, 0.1) is 0 Å². The first-order chi connectivity index (χ1) is 13.5. The van der Waals surface area contributed by atoms with Gasteiger partial charge in [-0.2, -0.15) is 0 Å². The Hall–Kier alpha value is -3.54. The van der Waals surface area contributed by atoms with Gasteiger partial charge in [0.2, 0.25) is 0 Å². The summed E-state index contributed by atoms with van der Waals surface area (Å²) in [6.45, 7) is 3.98. The van der Waals surface area contributed by atoms with E-state index in [4.69, 9.17) is 9.47 Å². The van der Waals surface area contributed by atoms with E-state index in [0.29, 0.717) is 17.1 Å². The molecule has 0 aliphatic rings. The molecule has 0 radical (unpaired) electrons. The highest BCUT2D eigenvalue weighted by Crippen LogP contribution is 2.20. The van der Waals surface area contributed by atoms with Gasteiger partial charge in [0.1, 0.15) is 17.3 Å². The molecule has 0 unspecified atom stereocenters. The van der Waals surface area contributed by atoms with Gasteiger partial charge >= 0.3 is 0 Å². The summed E-state index contributed by atoms with van der Waals surface area (Å²) in [5.41, 5.74) is 2.05. The number of rotatable bonds is 7. The summed E-state index contributed by atoms with van der Waals surface area (Å²) in [6.07, 6.45) is 1.68. The molecule has 0 aliphatic heterocycles. The maximum Gasteiger partial charge on any atom is 0.257 e. The van der Waals surface area contributed by atoms with E-state index in [0.717, 1.165) is 17.2 Å². The third kappa shape index (κ3) is 5.23. The molecule has 3 rings (SSSR count). The molecule has 1 heterocycles. The van der Waals surface area contributed by atoms with Crippen LogP contribution in [0.4, 0.5) is 17.2 Å². The van der Waals surface area contributed by atoms with E-state index in [1.807, 2.05) is 38.1 Å². The fraction of sp³-hybridized carbons (Fsp3) is 0.182. The van der Waals surface area contributed by atoms with E-state index in [2.05, 4.69) is 15.6 Å². The van der Waals surface area contributed by atoms with E-state index in [1.54, 1.807) is 43.5 Å². The minimum Gasteiger partial charge on any atom is -0.497 e. The summed E-state index contributed by atoms with van der Waals surface area (Å²) in [6, 6.07) is 18.3. The highest BCUT2D eigenvalue weighted by atomic mass is 16.5. The number of hydrogen-bond acceptors (Lipinski definition) is 5. The maximum atomic E-state index is 12.3. The number of carbonyl (C=O) groups is 1. The molecule has 2 N–H and O–H groups in total. The standard InChI is InChI=1S/C22H23N3O3/c1-15(2)28-20-11-7-17(8-12-20)24-21-13-4-16(14-23-21)22(26)25-18-5-9-19(27-3)10-6-18/h4-15H,1-3H3,(H,23,24)(H,25,26). The van der Waals surface area contributed by atoms with Gasteiger partial charge in [-0.3, -0.25) is 4.79 Å². The molecule has 3 aromatic rings. The fourth-order valence-corrected chi connectivity index (χ4v) is 2.52. The Morgan fingerprint density at radius 2 is 1.54 bits per heavy atom. The van der Waals surface area contributed by atoms with Gasteiger partial charge in [-0.05, 0) is 74.5 Å². The van der Waals surface area contributed by atoms with Crippen LogP contribution in [0.1, 0.15) is 24.2 Å². The summed E-state index contributed by atoms with van der Waals surface area (Å²) in [4.78, 5) is 16.7. The largest absolute Gasteiger partial charge is 0.497 e. The molecule has 6 nitrogen and oxygen atoms in total. The average molecular weight is 377 g/mol. The Morgan fingerprint density at radius 3 is 2.11 bits per heavy atom. The molecule has 0 spiro atoms. The zero-order valence-electron chi connectivity index (χ0n) is 16.1. The normalized spacial score (nSPS) is 10.4. The van der Waals surface area contributed by atoms with Gasteiger partial charge in [-0.25, -0.2) is 4.98 Å². The lowest BCUT2D eigenvalue weighted by molar-refractivity contribution is 0.102. The van der Waals surface area contributed by atoms with Gasteiger partial charge in [-0.15, -0.1) is 0 Å². The third-order valence-corrected chi connectivity index (χ3v) is 3.87. The summed E-state index contributed by atoms with van der Waals surface area (Å²) < 4.78 is 10.7. The first-order valence-electron chi connectivity index (χ1n) is 8.98. The molecule has 0 saturated carbocycles. The number of nitrogens with one attached hydrogen (secondary N) is 2. The number of benzene rings is 2. The van der Waals surface area contributed by atoms with Crippen molar-refractivity contribution in [2.24, 2.45) is 0 Å². The van der Waals surface area contributed by atoms with E-state index in [-0.39, 0.29) is 12.0 Å². The van der Waals surface area contributed by atoms with Gasteiger partial charge in [0.15, 0.2) is 0 Å². The van der Waals surface area contributed by atoms with Crippen LogP contribution >= 0.6 is 0 Å². The van der Waals surface area contributed by atoms with Crippen LogP contribution in [0.5, 0.6) is 11.5 Å². The molecular weight excluding hydrogens is 354 g/mol. The third-order valence-electron chi connectivity index (χ3n) is 3.87. The second-order valence-corrected chi connectivity index (χ2v) is 6.43. The van der Waals surface area contributed by atoms with Crippen molar-refractivity contribution in [3.05, 3.63) is 72.4 Å². The van der Waals surface area contributed by atoms with Crippen molar-refractivity contribution < 1.29 is 14.3 Å². The van der Waals surface area contributed by atoms with Gasteiger partial charge < -0.3 is 20.1 Å². The second kappa shape index (κ2) is 8.90. The summed E-state index contributed by atoms with van der Waals surface area (Å²) in [7, 11) is 1.60. The molecule has 2 aromatic carbocycles. The van der Waals surface area contributed by atoms with Crippen molar-refractivity contribution in [2.75, 3.05) is 17.7 Å². The molecule has 28 heavy (non-hydrogen) atoms. The molecule has 1 aromatic heterocycles. The van der Waals surface area contributed by atoms with E-state index >= 15 is 0 Å². The van der Waals surface area contributed by atoms with Gasteiger partial charge in [-0.1, -0.05) is 0 Å². The number of pyridine rings is 1. The van der Waals surface area contributed by atoms with Crippen LogP contribution in [0.15, 0.2) is 66.9 Å². The quantitative estimate of drug-likeness (QED) is 0.614. The summed E-state index contributed by atoms with van der Waals surface area (Å²) in [5, 5.41) is 6.03.